The van der Waals surface area contributed by atoms with Gasteiger partial charge in [-0.05, 0) is 85.3 Å². The number of ether oxygens (including phenoxy) is 1. The first-order chi connectivity index (χ1) is 14.0. The van der Waals surface area contributed by atoms with Gasteiger partial charge in [-0.3, -0.25) is 0 Å². The van der Waals surface area contributed by atoms with Crippen molar-refractivity contribution in [3.05, 3.63) is 70.3 Å². The lowest BCUT2D eigenvalue weighted by Gasteiger charge is -2.53. The van der Waals surface area contributed by atoms with E-state index in [0.29, 0.717) is 35.3 Å². The van der Waals surface area contributed by atoms with Gasteiger partial charge in [-0.1, -0.05) is 52.5 Å². The van der Waals surface area contributed by atoms with Crippen molar-refractivity contribution >= 4 is 0 Å². The predicted octanol–water partition coefficient (Wildman–Crippen LogP) is 8.28. The molecule has 0 aromatic heterocycles. The van der Waals surface area contributed by atoms with E-state index in [-0.39, 0.29) is 23.4 Å². The Kier molecular flexibility index (Phi) is 6.43. The number of hydrogen-bond donors (Lipinski definition) is 0. The van der Waals surface area contributed by atoms with Crippen LogP contribution in [0.5, 0.6) is 0 Å². The summed E-state index contributed by atoms with van der Waals surface area (Å²) in [6.07, 6.45) is 3.24. The topological polar surface area (TPSA) is 12.5 Å². The molecular formula is C27H36F2O. The molecule has 0 spiro atoms. The molecule has 2 fully saturated rings. The van der Waals surface area contributed by atoms with Gasteiger partial charge in [-0.25, -0.2) is 8.78 Å². The van der Waals surface area contributed by atoms with Gasteiger partial charge in [0.1, 0.15) is 11.9 Å². The third-order valence-corrected chi connectivity index (χ3v) is 7.60. The molecule has 30 heavy (non-hydrogen) atoms. The number of aryl methyl sites for hydroxylation is 1. The summed E-state index contributed by atoms with van der Waals surface area (Å²) in [5, 5.41) is 0. The van der Waals surface area contributed by atoms with Crippen LogP contribution in [-0.4, -0.2) is 6.10 Å². The Labute approximate surface area is 180 Å². The minimum atomic E-state index is -0.458. The van der Waals surface area contributed by atoms with E-state index in [9.17, 15) is 8.78 Å². The second kappa shape index (κ2) is 8.42. The number of allylic oxidation sites excluding steroid dienone is 5. The fourth-order valence-corrected chi connectivity index (χ4v) is 5.47. The van der Waals surface area contributed by atoms with Crippen molar-refractivity contribution in [1.82, 2.24) is 0 Å². The molecule has 164 valence electrons. The van der Waals surface area contributed by atoms with Gasteiger partial charge in [0.15, 0.2) is 0 Å². The molecule has 0 radical (unpaired) electrons. The van der Waals surface area contributed by atoms with E-state index in [2.05, 4.69) is 59.4 Å². The van der Waals surface area contributed by atoms with Gasteiger partial charge in [0.05, 0.1) is 11.9 Å². The molecule has 1 aromatic rings. The van der Waals surface area contributed by atoms with Crippen molar-refractivity contribution in [2.45, 2.75) is 79.4 Å². The second-order valence-corrected chi connectivity index (χ2v) is 9.95. The molecule has 3 rings (SSSR count). The minimum absolute atomic E-state index is 0.0231. The van der Waals surface area contributed by atoms with Crippen LogP contribution in [0.3, 0.4) is 0 Å². The zero-order valence-corrected chi connectivity index (χ0v) is 19.5. The Balaban J connectivity index is 1.80. The molecule has 1 heterocycles. The van der Waals surface area contributed by atoms with E-state index in [1.54, 1.807) is 6.92 Å². The average Bonchev–Trinajstić information content (AvgIpc) is 3.43. The zero-order valence-electron chi connectivity index (χ0n) is 19.5. The predicted molar refractivity (Wildman–Crippen MR) is 121 cm³/mol. The number of benzene rings is 1. The van der Waals surface area contributed by atoms with Gasteiger partial charge in [0.2, 0.25) is 0 Å². The fraction of sp³-hybridized carbons (Fsp3) is 0.556. The van der Waals surface area contributed by atoms with Crippen LogP contribution in [0.25, 0.3) is 0 Å². The van der Waals surface area contributed by atoms with Crippen molar-refractivity contribution < 1.29 is 13.5 Å². The zero-order chi connectivity index (χ0) is 22.4. The maximum atomic E-state index is 14.2. The Morgan fingerprint density at radius 1 is 1.30 bits per heavy atom. The quantitative estimate of drug-likeness (QED) is 0.323. The van der Waals surface area contributed by atoms with E-state index < -0.39 is 5.83 Å². The standard InChI is InChI=1S/C27H36F2O/c1-15(2)23-10-9-21(12-17(23)4)25-26(30-25)27(8)18(5)13-22(27)14-24(20(7)29)16(3)11-19(6)28/h9-12,15,18,22,25-26H,7,13-14H2,1-6,8H3/b19-11+,24-16-/t18-,22?,25?,26-,27+/m1/s1. The number of rotatable bonds is 7. The Hall–Kier alpha value is -1.74. The number of halogens is 2. The van der Waals surface area contributed by atoms with E-state index in [1.807, 2.05) is 0 Å². The van der Waals surface area contributed by atoms with Gasteiger partial charge in [-0.2, -0.15) is 0 Å². The van der Waals surface area contributed by atoms with Crippen molar-refractivity contribution in [3.8, 4) is 0 Å². The second-order valence-electron chi connectivity index (χ2n) is 9.95. The molecule has 3 heteroatoms. The molecule has 1 aromatic carbocycles. The van der Waals surface area contributed by atoms with Crippen LogP contribution >= 0.6 is 0 Å². The highest BCUT2D eigenvalue weighted by Crippen LogP contribution is 2.65. The largest absolute Gasteiger partial charge is 0.364 e. The molecule has 0 N–H and O–H groups in total. The summed E-state index contributed by atoms with van der Waals surface area (Å²) in [6.45, 7) is 17.8. The third kappa shape index (κ3) is 4.19. The Bertz CT molecular complexity index is 890. The van der Waals surface area contributed by atoms with E-state index in [1.165, 1.54) is 29.7 Å². The summed E-state index contributed by atoms with van der Waals surface area (Å²) in [4.78, 5) is 0. The first kappa shape index (κ1) is 22.9. The SMILES string of the molecule is C=C(F)/C(CC1C[C@@H](C)[C@]1(C)[C@@H]1OC1c1ccc(C(C)C)c(C)c1)=C(C)\C=C(/C)F. The summed E-state index contributed by atoms with van der Waals surface area (Å²) in [6, 6.07) is 6.68. The molecule has 0 bridgehead atoms. The van der Waals surface area contributed by atoms with Gasteiger partial charge >= 0.3 is 0 Å². The lowest BCUT2D eigenvalue weighted by Crippen LogP contribution is -2.50. The molecule has 5 atom stereocenters. The third-order valence-electron chi connectivity index (χ3n) is 7.60. The van der Waals surface area contributed by atoms with Gasteiger partial charge in [0, 0.05) is 5.41 Å². The van der Waals surface area contributed by atoms with Crippen LogP contribution in [0.15, 0.2) is 53.7 Å². The van der Waals surface area contributed by atoms with Crippen LogP contribution < -0.4 is 0 Å². The Morgan fingerprint density at radius 3 is 2.47 bits per heavy atom. The van der Waals surface area contributed by atoms with Gasteiger partial charge < -0.3 is 4.74 Å². The van der Waals surface area contributed by atoms with E-state index >= 15 is 0 Å². The first-order valence-corrected chi connectivity index (χ1v) is 11.1. The fourth-order valence-electron chi connectivity index (χ4n) is 5.47. The van der Waals surface area contributed by atoms with Crippen LogP contribution in [0, 0.1) is 24.2 Å². The van der Waals surface area contributed by atoms with Gasteiger partial charge in [-0.15, -0.1) is 0 Å². The number of epoxide rings is 1. The van der Waals surface area contributed by atoms with Gasteiger partial charge in [0.25, 0.3) is 0 Å². The van der Waals surface area contributed by atoms with Crippen LogP contribution in [0.4, 0.5) is 8.78 Å². The number of hydrogen-bond acceptors (Lipinski definition) is 1. The Morgan fingerprint density at radius 2 is 1.97 bits per heavy atom. The monoisotopic (exact) mass is 414 g/mol. The van der Waals surface area contributed by atoms with E-state index in [0.717, 1.165) is 6.42 Å². The highest BCUT2D eigenvalue weighted by Gasteiger charge is 2.63. The van der Waals surface area contributed by atoms with Crippen LogP contribution in [0.1, 0.15) is 83.1 Å². The first-order valence-electron chi connectivity index (χ1n) is 11.1. The molecule has 1 nitrogen and oxygen atoms in total. The van der Waals surface area contributed by atoms with Crippen LogP contribution in [-0.2, 0) is 4.74 Å². The minimum Gasteiger partial charge on any atom is -0.364 e. The van der Waals surface area contributed by atoms with E-state index in [4.69, 9.17) is 4.74 Å². The molecule has 2 unspecified atom stereocenters. The maximum absolute atomic E-state index is 14.2. The normalized spacial score (nSPS) is 32.0. The summed E-state index contributed by atoms with van der Waals surface area (Å²) in [5.74, 6) is 0.528. The van der Waals surface area contributed by atoms with Crippen molar-refractivity contribution in [2.75, 3.05) is 0 Å². The summed E-state index contributed by atoms with van der Waals surface area (Å²) >= 11 is 0. The smallest absolute Gasteiger partial charge is 0.119 e. The molecule has 1 aliphatic heterocycles. The maximum Gasteiger partial charge on any atom is 0.119 e. The molecule has 2 aliphatic rings. The molecular weight excluding hydrogens is 378 g/mol. The highest BCUT2D eigenvalue weighted by atomic mass is 19.1. The summed E-state index contributed by atoms with van der Waals surface area (Å²) < 4.78 is 33.8. The molecule has 0 amide bonds. The van der Waals surface area contributed by atoms with Crippen molar-refractivity contribution in [3.63, 3.8) is 0 Å². The average molecular weight is 415 g/mol. The highest BCUT2D eigenvalue weighted by molar-refractivity contribution is 5.38. The summed E-state index contributed by atoms with van der Waals surface area (Å²) in [5.41, 5.74) is 5.05. The summed E-state index contributed by atoms with van der Waals surface area (Å²) in [7, 11) is 0. The van der Waals surface area contributed by atoms with Crippen molar-refractivity contribution in [1.29, 1.82) is 0 Å². The lowest BCUT2D eigenvalue weighted by atomic mass is 9.50. The lowest BCUT2D eigenvalue weighted by molar-refractivity contribution is -0.0493. The van der Waals surface area contributed by atoms with Crippen molar-refractivity contribution in [2.24, 2.45) is 17.3 Å². The molecule has 1 saturated carbocycles. The van der Waals surface area contributed by atoms with Crippen LogP contribution in [0.2, 0.25) is 0 Å². The molecule has 1 aliphatic carbocycles. The molecule has 1 saturated heterocycles.